The summed E-state index contributed by atoms with van der Waals surface area (Å²) in [5, 5.41) is 0. The molecule has 0 aliphatic rings. The fraction of sp³-hybridized carbons (Fsp3) is 0.200. The molecule has 1 unspecified atom stereocenters. The van der Waals surface area contributed by atoms with E-state index in [1.54, 1.807) is 12.1 Å². The maximum Gasteiger partial charge on any atom is 0.573 e. The number of hydrazine groups is 1. The molecule has 0 aliphatic carbocycles. The average Bonchev–Trinajstić information content (AvgIpc) is 2.45. The van der Waals surface area contributed by atoms with Gasteiger partial charge in [0, 0.05) is 6.04 Å². The minimum Gasteiger partial charge on any atom is -0.406 e. The zero-order valence-corrected chi connectivity index (χ0v) is 11.1. The monoisotopic (exact) mass is 296 g/mol. The van der Waals surface area contributed by atoms with Gasteiger partial charge in [0.15, 0.2) is 0 Å². The molecular formula is C15H15F3N2O. The minimum atomic E-state index is -4.68. The Hall–Kier alpha value is -2.05. The first-order valence-electron chi connectivity index (χ1n) is 6.34. The van der Waals surface area contributed by atoms with Gasteiger partial charge < -0.3 is 4.74 Å². The molecule has 2 aromatic rings. The third-order valence-corrected chi connectivity index (χ3v) is 3.00. The molecule has 0 bridgehead atoms. The Kier molecular flexibility index (Phi) is 4.82. The molecule has 6 heteroatoms. The molecular weight excluding hydrogens is 281 g/mol. The summed E-state index contributed by atoms with van der Waals surface area (Å²) < 4.78 is 40.1. The maximum absolute atomic E-state index is 12.1. The molecule has 0 amide bonds. The Morgan fingerprint density at radius 1 is 1.00 bits per heavy atom. The number of nitrogens with one attached hydrogen (secondary N) is 1. The van der Waals surface area contributed by atoms with Gasteiger partial charge in [0.1, 0.15) is 5.75 Å². The van der Waals surface area contributed by atoms with Crippen molar-refractivity contribution in [2.45, 2.75) is 18.8 Å². The van der Waals surface area contributed by atoms with E-state index in [0.717, 1.165) is 11.1 Å². The van der Waals surface area contributed by atoms with Crippen LogP contribution >= 0.6 is 0 Å². The van der Waals surface area contributed by atoms with Crippen molar-refractivity contribution in [2.75, 3.05) is 0 Å². The molecule has 0 heterocycles. The van der Waals surface area contributed by atoms with Crippen molar-refractivity contribution in [3.8, 4) is 5.75 Å². The van der Waals surface area contributed by atoms with Crippen molar-refractivity contribution in [1.82, 2.24) is 5.43 Å². The van der Waals surface area contributed by atoms with Gasteiger partial charge in [0.05, 0.1) is 0 Å². The summed E-state index contributed by atoms with van der Waals surface area (Å²) in [7, 11) is 0. The second kappa shape index (κ2) is 6.60. The quantitative estimate of drug-likeness (QED) is 0.657. The molecule has 112 valence electrons. The number of hydrogen-bond donors (Lipinski definition) is 2. The standard InChI is InChI=1S/C15H15F3N2O/c16-15(17,18)21-13-8-6-12(7-9-13)14(20-19)10-11-4-2-1-3-5-11/h1-9,14,20H,10,19H2. The van der Waals surface area contributed by atoms with Crippen LogP contribution in [0.1, 0.15) is 17.2 Å². The van der Waals surface area contributed by atoms with Crippen LogP contribution in [0.15, 0.2) is 54.6 Å². The van der Waals surface area contributed by atoms with Crippen LogP contribution in [-0.4, -0.2) is 6.36 Å². The van der Waals surface area contributed by atoms with Gasteiger partial charge in [-0.15, -0.1) is 13.2 Å². The smallest absolute Gasteiger partial charge is 0.406 e. The molecule has 0 spiro atoms. The van der Waals surface area contributed by atoms with Crippen molar-refractivity contribution >= 4 is 0 Å². The zero-order valence-electron chi connectivity index (χ0n) is 11.1. The van der Waals surface area contributed by atoms with E-state index < -0.39 is 6.36 Å². The molecule has 0 saturated carbocycles. The van der Waals surface area contributed by atoms with E-state index in [4.69, 9.17) is 5.84 Å². The Balaban J connectivity index is 2.08. The Labute approximate surface area is 120 Å². The number of benzene rings is 2. The molecule has 0 fully saturated rings. The van der Waals surface area contributed by atoms with Crippen molar-refractivity contribution in [2.24, 2.45) is 5.84 Å². The Morgan fingerprint density at radius 2 is 1.62 bits per heavy atom. The van der Waals surface area contributed by atoms with Gasteiger partial charge in [0.2, 0.25) is 0 Å². The SMILES string of the molecule is NNC(Cc1ccccc1)c1ccc(OC(F)(F)F)cc1. The van der Waals surface area contributed by atoms with Gasteiger partial charge in [-0.1, -0.05) is 42.5 Å². The number of alkyl halides is 3. The summed E-state index contributed by atoms with van der Waals surface area (Å²) in [6.45, 7) is 0. The van der Waals surface area contributed by atoms with Crippen LogP contribution in [0, 0.1) is 0 Å². The van der Waals surface area contributed by atoms with Gasteiger partial charge in [-0.25, -0.2) is 0 Å². The summed E-state index contributed by atoms with van der Waals surface area (Å²) in [5.41, 5.74) is 4.54. The predicted octanol–water partition coefficient (Wildman–Crippen LogP) is 3.33. The van der Waals surface area contributed by atoms with Crippen LogP contribution in [0.3, 0.4) is 0 Å². The van der Waals surface area contributed by atoms with Crippen molar-refractivity contribution in [3.63, 3.8) is 0 Å². The van der Waals surface area contributed by atoms with Crippen LogP contribution in [0.25, 0.3) is 0 Å². The molecule has 0 aliphatic heterocycles. The van der Waals surface area contributed by atoms with Gasteiger partial charge in [-0.05, 0) is 29.7 Å². The molecule has 2 rings (SSSR count). The van der Waals surface area contributed by atoms with E-state index in [9.17, 15) is 13.2 Å². The van der Waals surface area contributed by atoms with E-state index >= 15 is 0 Å². The predicted molar refractivity (Wildman–Crippen MR) is 73.3 cm³/mol. The van der Waals surface area contributed by atoms with E-state index in [1.807, 2.05) is 30.3 Å². The maximum atomic E-state index is 12.1. The van der Waals surface area contributed by atoms with Crippen molar-refractivity contribution in [3.05, 3.63) is 65.7 Å². The molecule has 2 aromatic carbocycles. The van der Waals surface area contributed by atoms with Crippen LogP contribution in [-0.2, 0) is 6.42 Å². The van der Waals surface area contributed by atoms with E-state index in [0.29, 0.717) is 6.42 Å². The minimum absolute atomic E-state index is 0.188. The summed E-state index contributed by atoms with van der Waals surface area (Å²) in [4.78, 5) is 0. The number of rotatable bonds is 5. The Bertz CT molecular complexity index is 555. The Morgan fingerprint density at radius 3 is 2.14 bits per heavy atom. The number of halogens is 3. The molecule has 21 heavy (non-hydrogen) atoms. The lowest BCUT2D eigenvalue weighted by Gasteiger charge is -2.17. The highest BCUT2D eigenvalue weighted by Gasteiger charge is 2.31. The van der Waals surface area contributed by atoms with Crippen molar-refractivity contribution < 1.29 is 17.9 Å². The van der Waals surface area contributed by atoms with Crippen LogP contribution in [0.4, 0.5) is 13.2 Å². The van der Waals surface area contributed by atoms with Crippen LogP contribution in [0.5, 0.6) is 5.75 Å². The molecule has 1 atom stereocenters. The summed E-state index contributed by atoms with van der Waals surface area (Å²) >= 11 is 0. The van der Waals surface area contributed by atoms with E-state index in [-0.39, 0.29) is 11.8 Å². The van der Waals surface area contributed by atoms with Crippen LogP contribution in [0.2, 0.25) is 0 Å². The molecule has 0 saturated heterocycles. The third kappa shape index (κ3) is 4.77. The van der Waals surface area contributed by atoms with E-state index in [2.05, 4.69) is 10.2 Å². The fourth-order valence-corrected chi connectivity index (χ4v) is 2.02. The lowest BCUT2D eigenvalue weighted by molar-refractivity contribution is -0.274. The van der Waals surface area contributed by atoms with Gasteiger partial charge in [0.25, 0.3) is 0 Å². The summed E-state index contributed by atoms with van der Waals surface area (Å²) in [6.07, 6.45) is -4.05. The first kappa shape index (κ1) is 15.3. The lowest BCUT2D eigenvalue weighted by Crippen LogP contribution is -2.29. The summed E-state index contributed by atoms with van der Waals surface area (Å²) in [5.74, 6) is 5.28. The average molecular weight is 296 g/mol. The molecule has 0 radical (unpaired) electrons. The zero-order chi connectivity index (χ0) is 15.3. The first-order chi connectivity index (χ1) is 9.98. The molecule has 0 aromatic heterocycles. The van der Waals surface area contributed by atoms with Gasteiger partial charge in [-0.3, -0.25) is 11.3 Å². The number of ether oxygens (including phenoxy) is 1. The highest BCUT2D eigenvalue weighted by atomic mass is 19.4. The topological polar surface area (TPSA) is 47.3 Å². The van der Waals surface area contributed by atoms with Gasteiger partial charge in [-0.2, -0.15) is 0 Å². The van der Waals surface area contributed by atoms with E-state index in [1.165, 1.54) is 12.1 Å². The van der Waals surface area contributed by atoms with Crippen molar-refractivity contribution in [1.29, 1.82) is 0 Å². The number of hydrogen-bond acceptors (Lipinski definition) is 3. The normalized spacial score (nSPS) is 13.0. The second-order valence-corrected chi connectivity index (χ2v) is 4.53. The highest BCUT2D eigenvalue weighted by molar-refractivity contribution is 5.30. The number of nitrogens with two attached hydrogens (primary N) is 1. The first-order valence-corrected chi connectivity index (χ1v) is 6.34. The van der Waals surface area contributed by atoms with Crippen LogP contribution < -0.4 is 16.0 Å². The lowest BCUT2D eigenvalue weighted by atomic mass is 9.99. The molecule has 3 nitrogen and oxygen atoms in total. The summed E-state index contributed by atoms with van der Waals surface area (Å²) in [6, 6.07) is 15.2. The highest BCUT2D eigenvalue weighted by Crippen LogP contribution is 2.25. The van der Waals surface area contributed by atoms with Gasteiger partial charge >= 0.3 is 6.36 Å². The fourth-order valence-electron chi connectivity index (χ4n) is 2.02. The molecule has 3 N–H and O–H groups in total. The third-order valence-electron chi connectivity index (χ3n) is 3.00. The largest absolute Gasteiger partial charge is 0.573 e. The second-order valence-electron chi connectivity index (χ2n) is 4.53.